The zero-order chi connectivity index (χ0) is 13.9. The van der Waals surface area contributed by atoms with Gasteiger partial charge in [-0.15, -0.1) is 0 Å². The summed E-state index contributed by atoms with van der Waals surface area (Å²) in [6.07, 6.45) is 5.81. The molecule has 2 saturated carbocycles. The van der Waals surface area contributed by atoms with Gasteiger partial charge in [-0.25, -0.2) is 0 Å². The third-order valence-corrected chi connectivity index (χ3v) is 4.45. The Kier molecular flexibility index (Phi) is 4.24. The van der Waals surface area contributed by atoms with Crippen molar-refractivity contribution in [2.24, 2.45) is 11.8 Å². The van der Waals surface area contributed by atoms with Crippen LogP contribution in [0.1, 0.15) is 32.1 Å². The van der Waals surface area contributed by atoms with Crippen molar-refractivity contribution in [1.29, 1.82) is 0 Å². The van der Waals surface area contributed by atoms with Gasteiger partial charge in [0.05, 0.1) is 0 Å². The number of nitrogens with one attached hydrogen (secondary N) is 1. The van der Waals surface area contributed by atoms with E-state index >= 15 is 0 Å². The number of amides is 2. The van der Waals surface area contributed by atoms with Crippen molar-refractivity contribution in [3.8, 4) is 0 Å². The van der Waals surface area contributed by atoms with E-state index in [1.807, 2.05) is 4.90 Å². The molecule has 0 radical (unpaired) electrons. The maximum absolute atomic E-state index is 12.5. The number of carbonyl (C=O) groups is 2. The van der Waals surface area contributed by atoms with Crippen LogP contribution in [0.2, 0.25) is 0 Å². The van der Waals surface area contributed by atoms with Crippen molar-refractivity contribution in [3.63, 3.8) is 0 Å². The highest BCUT2D eigenvalue weighted by Gasteiger charge is 2.35. The predicted molar refractivity (Wildman–Crippen MR) is 76.1 cm³/mol. The SMILES string of the molecule is O=C(C(=O)N(CC1CC1)CC1CC1)N1CCCNCC1. The first kappa shape index (κ1) is 13.9. The van der Waals surface area contributed by atoms with Crippen LogP contribution in [0.25, 0.3) is 0 Å². The molecule has 3 aliphatic rings. The molecule has 2 aliphatic carbocycles. The van der Waals surface area contributed by atoms with E-state index in [1.54, 1.807) is 4.90 Å². The van der Waals surface area contributed by atoms with Gasteiger partial charge in [0.1, 0.15) is 0 Å². The standard InChI is InChI=1S/C15H25N3O2/c19-14(17-8-1-6-16-7-9-17)15(20)18(10-12-2-3-12)11-13-4-5-13/h12-13,16H,1-11H2. The van der Waals surface area contributed by atoms with Crippen LogP contribution in [0.3, 0.4) is 0 Å². The van der Waals surface area contributed by atoms with E-state index in [0.717, 1.165) is 32.6 Å². The van der Waals surface area contributed by atoms with Gasteiger partial charge in [-0.2, -0.15) is 0 Å². The third kappa shape index (κ3) is 3.72. The van der Waals surface area contributed by atoms with Crippen molar-refractivity contribution in [2.75, 3.05) is 39.3 Å². The number of rotatable bonds is 4. The van der Waals surface area contributed by atoms with Crippen LogP contribution in [0.5, 0.6) is 0 Å². The molecule has 0 spiro atoms. The molecular formula is C15H25N3O2. The largest absolute Gasteiger partial charge is 0.334 e. The summed E-state index contributed by atoms with van der Waals surface area (Å²) in [6, 6.07) is 0. The molecule has 0 aromatic heterocycles. The Hall–Kier alpha value is -1.10. The van der Waals surface area contributed by atoms with Crippen molar-refractivity contribution in [1.82, 2.24) is 15.1 Å². The molecule has 0 aromatic carbocycles. The fraction of sp³-hybridized carbons (Fsp3) is 0.867. The molecule has 0 bridgehead atoms. The van der Waals surface area contributed by atoms with Gasteiger partial charge in [-0.3, -0.25) is 9.59 Å². The first-order valence-electron chi connectivity index (χ1n) is 8.03. The molecule has 0 aromatic rings. The number of hydrogen-bond acceptors (Lipinski definition) is 3. The van der Waals surface area contributed by atoms with Crippen molar-refractivity contribution in [2.45, 2.75) is 32.1 Å². The molecule has 1 saturated heterocycles. The monoisotopic (exact) mass is 279 g/mol. The minimum atomic E-state index is -0.282. The second-order valence-electron chi connectivity index (χ2n) is 6.49. The highest BCUT2D eigenvalue weighted by Crippen LogP contribution is 2.33. The Morgan fingerprint density at radius 2 is 1.65 bits per heavy atom. The van der Waals surface area contributed by atoms with Crippen LogP contribution in [-0.4, -0.2) is 60.9 Å². The number of carbonyl (C=O) groups excluding carboxylic acids is 2. The summed E-state index contributed by atoms with van der Waals surface area (Å²) < 4.78 is 0. The summed E-state index contributed by atoms with van der Waals surface area (Å²) in [5.74, 6) is 0.758. The van der Waals surface area contributed by atoms with Gasteiger partial charge in [-0.05, 0) is 50.5 Å². The van der Waals surface area contributed by atoms with Crippen LogP contribution in [-0.2, 0) is 9.59 Å². The molecule has 3 fully saturated rings. The first-order valence-corrected chi connectivity index (χ1v) is 8.03. The van der Waals surface area contributed by atoms with Crippen molar-refractivity contribution in [3.05, 3.63) is 0 Å². The lowest BCUT2D eigenvalue weighted by Gasteiger charge is -2.26. The minimum absolute atomic E-state index is 0.259. The lowest BCUT2D eigenvalue weighted by atomic mass is 10.2. The minimum Gasteiger partial charge on any atom is -0.334 e. The summed E-state index contributed by atoms with van der Waals surface area (Å²) in [5.41, 5.74) is 0. The Bertz CT molecular complexity index is 355. The van der Waals surface area contributed by atoms with Gasteiger partial charge in [0, 0.05) is 32.7 Å². The molecule has 1 heterocycles. The van der Waals surface area contributed by atoms with Gasteiger partial charge >= 0.3 is 11.8 Å². The third-order valence-electron chi connectivity index (χ3n) is 4.45. The molecule has 0 unspecified atom stereocenters. The molecular weight excluding hydrogens is 254 g/mol. The first-order chi connectivity index (χ1) is 9.74. The predicted octanol–water partition coefficient (Wildman–Crippen LogP) is 0.457. The number of hydrogen-bond donors (Lipinski definition) is 1. The van der Waals surface area contributed by atoms with E-state index in [-0.39, 0.29) is 11.8 Å². The van der Waals surface area contributed by atoms with E-state index in [9.17, 15) is 9.59 Å². The number of nitrogens with zero attached hydrogens (tertiary/aromatic N) is 2. The maximum Gasteiger partial charge on any atom is 0.312 e. The highest BCUT2D eigenvalue weighted by atomic mass is 16.2. The van der Waals surface area contributed by atoms with Crippen LogP contribution in [0, 0.1) is 11.8 Å². The van der Waals surface area contributed by atoms with Gasteiger partial charge in [0.25, 0.3) is 0 Å². The van der Waals surface area contributed by atoms with E-state index in [1.165, 1.54) is 25.7 Å². The maximum atomic E-state index is 12.5. The molecule has 5 nitrogen and oxygen atoms in total. The van der Waals surface area contributed by atoms with Crippen molar-refractivity contribution >= 4 is 11.8 Å². The Balaban J connectivity index is 1.58. The Morgan fingerprint density at radius 1 is 1.00 bits per heavy atom. The average molecular weight is 279 g/mol. The fourth-order valence-electron chi connectivity index (χ4n) is 2.78. The van der Waals surface area contributed by atoms with Crippen LogP contribution < -0.4 is 5.32 Å². The molecule has 1 aliphatic heterocycles. The zero-order valence-corrected chi connectivity index (χ0v) is 12.1. The van der Waals surface area contributed by atoms with E-state index in [0.29, 0.717) is 24.9 Å². The summed E-state index contributed by atoms with van der Waals surface area (Å²) >= 11 is 0. The average Bonchev–Trinajstić information content (AvgIpc) is 3.30. The summed E-state index contributed by atoms with van der Waals surface area (Å²) in [4.78, 5) is 28.5. The van der Waals surface area contributed by atoms with Gasteiger partial charge < -0.3 is 15.1 Å². The molecule has 3 rings (SSSR count). The quantitative estimate of drug-likeness (QED) is 0.761. The molecule has 0 atom stereocenters. The fourth-order valence-corrected chi connectivity index (χ4v) is 2.78. The Labute approximate surface area is 120 Å². The summed E-state index contributed by atoms with van der Waals surface area (Å²) in [7, 11) is 0. The second-order valence-corrected chi connectivity index (χ2v) is 6.49. The van der Waals surface area contributed by atoms with Crippen molar-refractivity contribution < 1.29 is 9.59 Å². The lowest BCUT2D eigenvalue weighted by molar-refractivity contribution is -0.152. The van der Waals surface area contributed by atoms with Gasteiger partial charge in [-0.1, -0.05) is 0 Å². The summed E-state index contributed by atoms with van der Waals surface area (Å²) in [5, 5.41) is 3.27. The van der Waals surface area contributed by atoms with Crippen LogP contribution >= 0.6 is 0 Å². The normalized spacial score (nSPS) is 23.3. The second kappa shape index (κ2) is 6.12. The summed E-state index contributed by atoms with van der Waals surface area (Å²) in [6.45, 7) is 4.69. The molecule has 1 N–H and O–H groups in total. The van der Waals surface area contributed by atoms with E-state index in [4.69, 9.17) is 0 Å². The molecule has 5 heteroatoms. The van der Waals surface area contributed by atoms with Crippen LogP contribution in [0.15, 0.2) is 0 Å². The van der Waals surface area contributed by atoms with Gasteiger partial charge in [0.15, 0.2) is 0 Å². The smallest absolute Gasteiger partial charge is 0.312 e. The van der Waals surface area contributed by atoms with Gasteiger partial charge in [0.2, 0.25) is 0 Å². The van der Waals surface area contributed by atoms with E-state index in [2.05, 4.69) is 5.32 Å². The lowest BCUT2D eigenvalue weighted by Crippen LogP contribution is -2.47. The molecule has 20 heavy (non-hydrogen) atoms. The molecule has 112 valence electrons. The highest BCUT2D eigenvalue weighted by molar-refractivity contribution is 6.34. The van der Waals surface area contributed by atoms with Crippen LogP contribution in [0.4, 0.5) is 0 Å². The topological polar surface area (TPSA) is 52.7 Å². The Morgan fingerprint density at radius 3 is 2.25 bits per heavy atom. The van der Waals surface area contributed by atoms with E-state index < -0.39 is 0 Å². The molecule has 2 amide bonds. The zero-order valence-electron chi connectivity index (χ0n) is 12.1.